The van der Waals surface area contributed by atoms with Gasteiger partial charge >= 0.3 is 0 Å². The largest absolute Gasteiger partial charge is 0.497 e. The number of hydrogen-bond acceptors (Lipinski definition) is 6. The molecule has 2 heterocycles. The van der Waals surface area contributed by atoms with Gasteiger partial charge in [0.2, 0.25) is 5.82 Å². The average Bonchev–Trinajstić information content (AvgIpc) is 3.33. The molecule has 0 radical (unpaired) electrons. The second-order valence-electron chi connectivity index (χ2n) is 7.65. The summed E-state index contributed by atoms with van der Waals surface area (Å²) in [4.78, 5) is 6.82. The highest BCUT2D eigenvalue weighted by Gasteiger charge is 2.33. The summed E-state index contributed by atoms with van der Waals surface area (Å²) in [6.45, 7) is 6.16. The highest BCUT2D eigenvalue weighted by molar-refractivity contribution is 7.80. The van der Waals surface area contributed by atoms with Crippen LogP contribution in [0.2, 0.25) is 0 Å². The van der Waals surface area contributed by atoms with Gasteiger partial charge in [-0.1, -0.05) is 47.6 Å². The second-order valence-corrected chi connectivity index (χ2v) is 8.03. The van der Waals surface area contributed by atoms with E-state index in [2.05, 4.69) is 15.4 Å². The maximum absolute atomic E-state index is 5.77. The Hall–Kier alpha value is -3.23. The van der Waals surface area contributed by atoms with Crippen molar-refractivity contribution in [2.45, 2.75) is 26.3 Å². The Labute approximate surface area is 199 Å². The van der Waals surface area contributed by atoms with E-state index in [0.29, 0.717) is 30.0 Å². The molecule has 7 nitrogen and oxygen atoms in total. The minimum Gasteiger partial charge on any atom is -0.497 e. The van der Waals surface area contributed by atoms with E-state index in [9.17, 15) is 0 Å². The first-order valence-corrected chi connectivity index (χ1v) is 11.4. The summed E-state index contributed by atoms with van der Waals surface area (Å²) in [5, 5.41) is 8.39. The van der Waals surface area contributed by atoms with E-state index >= 15 is 0 Å². The number of allylic oxidation sites excluding steroid dienone is 1. The third-order valence-corrected chi connectivity index (χ3v) is 5.95. The molecular formula is C25H28N4O3S. The first-order valence-electron chi connectivity index (χ1n) is 11.0. The second kappa shape index (κ2) is 10.6. The predicted molar refractivity (Wildman–Crippen MR) is 132 cm³/mol. The van der Waals surface area contributed by atoms with E-state index < -0.39 is 0 Å². The van der Waals surface area contributed by atoms with Crippen molar-refractivity contribution in [2.75, 3.05) is 26.9 Å². The third-order valence-electron chi connectivity index (χ3n) is 5.61. The SMILES string of the molecule is CCOCCCN1C(=S)NC(c2ccc(OC)cc2)C(c2nc(-c3ccccc3)no2)=C1C. The molecule has 0 amide bonds. The lowest BCUT2D eigenvalue weighted by atomic mass is 9.94. The van der Waals surface area contributed by atoms with Crippen molar-refractivity contribution in [3.05, 3.63) is 71.7 Å². The molecule has 0 saturated heterocycles. The van der Waals surface area contributed by atoms with Crippen LogP contribution in [0.4, 0.5) is 0 Å². The zero-order valence-corrected chi connectivity index (χ0v) is 19.9. The summed E-state index contributed by atoms with van der Waals surface area (Å²) < 4.78 is 16.6. The molecule has 2 aromatic carbocycles. The van der Waals surface area contributed by atoms with Gasteiger partial charge in [-0.15, -0.1) is 0 Å². The number of nitrogens with zero attached hydrogens (tertiary/aromatic N) is 3. The van der Waals surface area contributed by atoms with E-state index in [4.69, 9.17) is 31.2 Å². The van der Waals surface area contributed by atoms with Gasteiger partial charge in [0.1, 0.15) is 5.75 Å². The van der Waals surface area contributed by atoms with Crippen molar-refractivity contribution < 1.29 is 14.0 Å². The lowest BCUT2D eigenvalue weighted by Crippen LogP contribution is -2.46. The molecule has 172 valence electrons. The van der Waals surface area contributed by atoms with E-state index in [1.807, 2.05) is 68.4 Å². The molecule has 3 aromatic rings. The van der Waals surface area contributed by atoms with Crippen LogP contribution in [0.5, 0.6) is 5.75 Å². The summed E-state index contributed by atoms with van der Waals surface area (Å²) in [5.41, 5.74) is 3.82. The Bertz CT molecular complexity index is 1110. The minimum absolute atomic E-state index is 0.226. The molecule has 8 heteroatoms. The standard InChI is InChI=1S/C25H28N4O3S/c1-4-31-16-8-15-29-17(2)21(24-27-23(28-32-24)19-9-6-5-7-10-19)22(26-25(29)33)18-11-13-20(30-3)14-12-18/h5-7,9-14,22H,4,8,15-16H2,1-3H3,(H,26,33). The van der Waals surface area contributed by atoms with Crippen molar-refractivity contribution >= 4 is 22.9 Å². The van der Waals surface area contributed by atoms with Gasteiger partial charge in [0, 0.05) is 31.0 Å². The van der Waals surface area contributed by atoms with Gasteiger partial charge in [-0.2, -0.15) is 4.98 Å². The topological polar surface area (TPSA) is 72.7 Å². The molecule has 1 aliphatic heterocycles. The zero-order chi connectivity index (χ0) is 23.2. The molecule has 33 heavy (non-hydrogen) atoms. The van der Waals surface area contributed by atoms with E-state index in [0.717, 1.165) is 41.1 Å². The average molecular weight is 465 g/mol. The van der Waals surface area contributed by atoms with Gasteiger partial charge < -0.3 is 24.2 Å². The molecular weight excluding hydrogens is 436 g/mol. The van der Waals surface area contributed by atoms with Crippen LogP contribution >= 0.6 is 12.2 Å². The van der Waals surface area contributed by atoms with E-state index in [1.165, 1.54) is 0 Å². The molecule has 0 fully saturated rings. The number of benzene rings is 2. The molecule has 4 rings (SSSR count). The number of ether oxygens (including phenoxy) is 2. The fraction of sp³-hybridized carbons (Fsp3) is 0.320. The summed E-state index contributed by atoms with van der Waals surface area (Å²) in [6, 6.07) is 17.5. The first-order chi connectivity index (χ1) is 16.1. The van der Waals surface area contributed by atoms with Crippen LogP contribution in [0.3, 0.4) is 0 Å². The minimum atomic E-state index is -0.226. The Morgan fingerprint density at radius 3 is 2.58 bits per heavy atom. The predicted octanol–water partition coefficient (Wildman–Crippen LogP) is 4.83. The van der Waals surface area contributed by atoms with Crippen LogP contribution in [-0.4, -0.2) is 47.0 Å². The third kappa shape index (κ3) is 5.07. The summed E-state index contributed by atoms with van der Waals surface area (Å²) >= 11 is 5.74. The number of hydrogen-bond donors (Lipinski definition) is 1. The Balaban J connectivity index is 1.72. The lowest BCUT2D eigenvalue weighted by Gasteiger charge is -2.37. The summed E-state index contributed by atoms with van der Waals surface area (Å²) in [5.74, 6) is 1.81. The number of thiocarbonyl (C=S) groups is 1. The van der Waals surface area contributed by atoms with Crippen LogP contribution in [0.1, 0.15) is 37.8 Å². The molecule has 0 aliphatic carbocycles. The summed E-state index contributed by atoms with van der Waals surface area (Å²) in [7, 11) is 1.65. The van der Waals surface area contributed by atoms with Crippen molar-refractivity contribution in [2.24, 2.45) is 0 Å². The van der Waals surface area contributed by atoms with E-state index in [1.54, 1.807) is 7.11 Å². The maximum atomic E-state index is 5.77. The molecule has 0 spiro atoms. The lowest BCUT2D eigenvalue weighted by molar-refractivity contribution is 0.141. The molecule has 1 N–H and O–H groups in total. The zero-order valence-electron chi connectivity index (χ0n) is 19.1. The first kappa shape index (κ1) is 22.9. The van der Waals surface area contributed by atoms with Crippen molar-refractivity contribution in [3.8, 4) is 17.1 Å². The molecule has 1 atom stereocenters. The number of nitrogens with one attached hydrogen (secondary N) is 1. The number of methoxy groups -OCH3 is 1. The van der Waals surface area contributed by atoms with Crippen LogP contribution in [0.25, 0.3) is 17.0 Å². The van der Waals surface area contributed by atoms with Gasteiger partial charge in [-0.05, 0) is 50.2 Å². The number of aromatic nitrogens is 2. The van der Waals surface area contributed by atoms with Gasteiger partial charge in [-0.25, -0.2) is 0 Å². The smallest absolute Gasteiger partial charge is 0.258 e. The summed E-state index contributed by atoms with van der Waals surface area (Å²) in [6.07, 6.45) is 0.854. The fourth-order valence-electron chi connectivity index (χ4n) is 3.88. The molecule has 0 bridgehead atoms. The van der Waals surface area contributed by atoms with Gasteiger partial charge in [0.05, 0.1) is 18.7 Å². The molecule has 1 aromatic heterocycles. The van der Waals surface area contributed by atoms with Gasteiger partial charge in [0.15, 0.2) is 5.11 Å². The monoisotopic (exact) mass is 464 g/mol. The van der Waals surface area contributed by atoms with Crippen LogP contribution in [0.15, 0.2) is 64.8 Å². The fourth-order valence-corrected chi connectivity index (χ4v) is 4.23. The quantitative estimate of drug-likeness (QED) is 0.356. The number of rotatable bonds is 9. The van der Waals surface area contributed by atoms with Crippen LogP contribution < -0.4 is 10.1 Å². The Morgan fingerprint density at radius 1 is 1.12 bits per heavy atom. The highest BCUT2D eigenvalue weighted by atomic mass is 32.1. The Morgan fingerprint density at radius 2 is 1.88 bits per heavy atom. The van der Waals surface area contributed by atoms with Crippen molar-refractivity contribution in [1.29, 1.82) is 0 Å². The molecule has 1 aliphatic rings. The normalized spacial score (nSPS) is 16.2. The van der Waals surface area contributed by atoms with Crippen molar-refractivity contribution in [1.82, 2.24) is 20.4 Å². The van der Waals surface area contributed by atoms with Crippen LogP contribution in [-0.2, 0) is 4.74 Å². The van der Waals surface area contributed by atoms with Gasteiger partial charge in [-0.3, -0.25) is 0 Å². The maximum Gasteiger partial charge on any atom is 0.258 e. The highest BCUT2D eigenvalue weighted by Crippen LogP contribution is 2.37. The van der Waals surface area contributed by atoms with Gasteiger partial charge in [0.25, 0.3) is 5.89 Å². The van der Waals surface area contributed by atoms with Crippen LogP contribution in [0, 0.1) is 0 Å². The van der Waals surface area contributed by atoms with Crippen molar-refractivity contribution in [3.63, 3.8) is 0 Å². The Kier molecular flexibility index (Phi) is 7.36. The molecule has 1 unspecified atom stereocenters. The molecule has 0 saturated carbocycles. The van der Waals surface area contributed by atoms with E-state index in [-0.39, 0.29) is 6.04 Å².